The molecular formula is C23H34F2N2O10. The van der Waals surface area contributed by atoms with E-state index in [2.05, 4.69) is 5.32 Å². The lowest BCUT2D eigenvalue weighted by Gasteiger charge is -2.22. The van der Waals surface area contributed by atoms with Crippen LogP contribution in [0.4, 0.5) is 18.4 Å². The van der Waals surface area contributed by atoms with Crippen molar-refractivity contribution in [3.05, 3.63) is 35.4 Å². The Morgan fingerprint density at radius 2 is 1.32 bits per heavy atom. The normalized spacial score (nSPS) is 12.8. The highest BCUT2D eigenvalue weighted by molar-refractivity contribution is 5.80. The Bertz CT molecular complexity index is 929. The molecule has 0 bridgehead atoms. The van der Waals surface area contributed by atoms with Crippen molar-refractivity contribution in [3.63, 3.8) is 0 Å². The topological polar surface area (TPSA) is 181 Å². The Labute approximate surface area is 212 Å². The Morgan fingerprint density at radius 1 is 0.865 bits per heavy atom. The van der Waals surface area contributed by atoms with Crippen LogP contribution in [0.25, 0.3) is 0 Å². The predicted octanol–water partition coefficient (Wildman–Crippen LogP) is 2.42. The van der Waals surface area contributed by atoms with E-state index in [0.717, 1.165) is 6.07 Å². The molecule has 1 aromatic rings. The van der Waals surface area contributed by atoms with E-state index in [1.165, 1.54) is 6.07 Å². The van der Waals surface area contributed by atoms with Gasteiger partial charge in [-0.2, -0.15) is 0 Å². The third-order valence-electron chi connectivity index (χ3n) is 3.72. The predicted molar refractivity (Wildman–Crippen MR) is 125 cm³/mol. The number of carbonyl (C=O) groups is 4. The van der Waals surface area contributed by atoms with Gasteiger partial charge in [0.15, 0.2) is 12.1 Å². The van der Waals surface area contributed by atoms with Gasteiger partial charge in [-0.15, -0.1) is 0 Å². The number of benzene rings is 1. The van der Waals surface area contributed by atoms with Crippen molar-refractivity contribution < 1.29 is 57.5 Å². The highest BCUT2D eigenvalue weighted by Crippen LogP contribution is 2.11. The van der Waals surface area contributed by atoms with E-state index in [0.29, 0.717) is 6.07 Å². The van der Waals surface area contributed by atoms with E-state index >= 15 is 0 Å². The van der Waals surface area contributed by atoms with E-state index in [9.17, 15) is 28.0 Å². The number of carboxylic acids is 2. The van der Waals surface area contributed by atoms with E-state index in [1.54, 1.807) is 41.5 Å². The van der Waals surface area contributed by atoms with E-state index < -0.39 is 72.3 Å². The van der Waals surface area contributed by atoms with Crippen LogP contribution < -0.4 is 10.6 Å². The third-order valence-corrected chi connectivity index (χ3v) is 3.72. The molecule has 0 aliphatic carbocycles. The van der Waals surface area contributed by atoms with Gasteiger partial charge in [-0.3, -0.25) is 0 Å². The summed E-state index contributed by atoms with van der Waals surface area (Å²) in [5, 5.41) is 30.3. The maximum absolute atomic E-state index is 13.4. The summed E-state index contributed by atoms with van der Waals surface area (Å²) in [5.41, 5.74) is -1.39. The van der Waals surface area contributed by atoms with Crippen LogP contribution >= 0.6 is 0 Å². The number of ether oxygens (including phenoxy) is 3. The zero-order chi connectivity index (χ0) is 29.0. The Hall–Kier alpha value is -3.52. The van der Waals surface area contributed by atoms with Crippen molar-refractivity contribution in [1.29, 1.82) is 0 Å². The summed E-state index contributed by atoms with van der Waals surface area (Å²) in [6, 6.07) is 0.280. The second kappa shape index (κ2) is 14.9. The summed E-state index contributed by atoms with van der Waals surface area (Å²) in [4.78, 5) is 44.1. The van der Waals surface area contributed by atoms with E-state index in [-0.39, 0.29) is 12.2 Å². The number of amides is 2. The first-order valence-electron chi connectivity index (χ1n) is 10.9. The van der Waals surface area contributed by atoms with Crippen LogP contribution in [-0.2, 0) is 30.4 Å². The first-order chi connectivity index (χ1) is 16.8. The number of carbonyl (C=O) groups excluding carboxylic acids is 2. The molecule has 5 N–H and O–H groups in total. The molecule has 2 atom stereocenters. The SMILES string of the molecule is CC(C)(C)OC(=O)NC(COCc1ccc(F)cc1F)C(=O)O.CC(C)(C)OC(=O)N[C@H](CO)C(=O)O. The fourth-order valence-electron chi connectivity index (χ4n) is 2.19. The lowest BCUT2D eigenvalue weighted by atomic mass is 10.2. The van der Waals surface area contributed by atoms with Crippen molar-refractivity contribution in [1.82, 2.24) is 10.6 Å². The lowest BCUT2D eigenvalue weighted by Crippen LogP contribution is -2.46. The molecule has 210 valence electrons. The summed E-state index contributed by atoms with van der Waals surface area (Å²) in [7, 11) is 0. The molecule has 1 rings (SSSR count). The number of aliphatic hydroxyl groups excluding tert-OH is 1. The smallest absolute Gasteiger partial charge is 0.408 e. The number of halogens is 2. The zero-order valence-corrected chi connectivity index (χ0v) is 21.5. The monoisotopic (exact) mass is 536 g/mol. The van der Waals surface area contributed by atoms with Crippen molar-refractivity contribution in [2.24, 2.45) is 0 Å². The summed E-state index contributed by atoms with van der Waals surface area (Å²) in [6.07, 6.45) is -1.76. The van der Waals surface area contributed by atoms with Crippen molar-refractivity contribution in [2.75, 3.05) is 13.2 Å². The van der Waals surface area contributed by atoms with Gasteiger partial charge in [0, 0.05) is 11.6 Å². The van der Waals surface area contributed by atoms with Crippen molar-refractivity contribution in [3.8, 4) is 0 Å². The van der Waals surface area contributed by atoms with Gasteiger partial charge in [0.1, 0.15) is 22.8 Å². The third kappa shape index (κ3) is 16.0. The van der Waals surface area contributed by atoms with Gasteiger partial charge in [-0.1, -0.05) is 6.07 Å². The number of hydrogen-bond donors (Lipinski definition) is 5. The number of alkyl carbamates (subject to hydrolysis) is 2. The second-order valence-electron chi connectivity index (χ2n) is 9.51. The molecule has 0 aliphatic rings. The number of nitrogens with one attached hydrogen (secondary N) is 2. The van der Waals surface area contributed by atoms with Gasteiger partial charge in [0.2, 0.25) is 0 Å². The Kier molecular flexibility index (Phi) is 13.5. The van der Waals surface area contributed by atoms with Crippen molar-refractivity contribution >= 4 is 24.1 Å². The molecule has 0 radical (unpaired) electrons. The number of hydrogen-bond acceptors (Lipinski definition) is 8. The van der Waals surface area contributed by atoms with Gasteiger partial charge in [0.25, 0.3) is 0 Å². The van der Waals surface area contributed by atoms with Gasteiger partial charge in [-0.05, 0) is 47.6 Å². The Balaban J connectivity index is 0.000000795. The van der Waals surface area contributed by atoms with Crippen LogP contribution in [0.3, 0.4) is 0 Å². The molecule has 14 heteroatoms. The highest BCUT2D eigenvalue weighted by Gasteiger charge is 2.25. The molecule has 0 spiro atoms. The standard InChI is InChI=1S/C15H19F2NO5.C8H15NO5/c1-15(2,3)23-14(21)18-12(13(19)20)8-22-7-9-4-5-10(16)6-11(9)17;1-8(2,3)14-7(13)9-5(4-10)6(11)12/h4-6,12H,7-8H2,1-3H3,(H,18,21)(H,19,20);5,10H,4H2,1-3H3,(H,9,13)(H,11,12)/t;5-/m.1/s1. The molecule has 1 unspecified atom stereocenters. The average molecular weight is 537 g/mol. The van der Waals surface area contributed by atoms with E-state index in [1.807, 2.05) is 5.32 Å². The van der Waals surface area contributed by atoms with Gasteiger partial charge < -0.3 is 40.2 Å². The highest BCUT2D eigenvalue weighted by atomic mass is 19.1. The summed E-state index contributed by atoms with van der Waals surface area (Å²) < 4.78 is 41.0. The van der Waals surface area contributed by atoms with Crippen molar-refractivity contribution in [2.45, 2.75) is 71.4 Å². The average Bonchev–Trinajstić information content (AvgIpc) is 2.70. The summed E-state index contributed by atoms with van der Waals surface area (Å²) in [6.45, 7) is 8.54. The quantitative estimate of drug-likeness (QED) is 0.314. The fraction of sp³-hybridized carbons (Fsp3) is 0.565. The lowest BCUT2D eigenvalue weighted by molar-refractivity contribution is -0.141. The Morgan fingerprint density at radius 3 is 1.70 bits per heavy atom. The second-order valence-corrected chi connectivity index (χ2v) is 9.51. The molecule has 0 heterocycles. The molecule has 0 saturated carbocycles. The minimum atomic E-state index is -1.35. The molecule has 0 fully saturated rings. The number of aliphatic carboxylic acids is 2. The van der Waals surface area contributed by atoms with Crippen LogP contribution in [0.2, 0.25) is 0 Å². The van der Waals surface area contributed by atoms with Gasteiger partial charge >= 0.3 is 24.1 Å². The summed E-state index contributed by atoms with van der Waals surface area (Å²) in [5.74, 6) is -4.15. The van der Waals surface area contributed by atoms with Gasteiger partial charge in [-0.25, -0.2) is 28.0 Å². The molecule has 2 amide bonds. The minimum absolute atomic E-state index is 0.0767. The number of carboxylic acid groups (broad SMARTS) is 2. The largest absolute Gasteiger partial charge is 0.480 e. The molecular weight excluding hydrogens is 502 g/mol. The molecule has 1 aromatic carbocycles. The summed E-state index contributed by atoms with van der Waals surface area (Å²) >= 11 is 0. The van der Waals surface area contributed by atoms with Crippen LogP contribution in [0.5, 0.6) is 0 Å². The first kappa shape index (κ1) is 33.5. The van der Waals surface area contributed by atoms with E-state index in [4.69, 9.17) is 29.5 Å². The minimum Gasteiger partial charge on any atom is -0.480 e. The van der Waals surface area contributed by atoms with Crippen LogP contribution in [0.1, 0.15) is 47.1 Å². The molecule has 0 aromatic heterocycles. The number of aliphatic hydroxyl groups is 1. The first-order valence-corrected chi connectivity index (χ1v) is 10.9. The maximum Gasteiger partial charge on any atom is 0.408 e. The number of rotatable bonds is 9. The molecule has 0 aliphatic heterocycles. The van der Waals surface area contributed by atoms with Crippen LogP contribution in [-0.4, -0.2) is 75.9 Å². The van der Waals surface area contributed by atoms with Crippen LogP contribution in [0, 0.1) is 11.6 Å². The molecule has 0 saturated heterocycles. The van der Waals surface area contributed by atoms with Crippen LogP contribution in [0.15, 0.2) is 18.2 Å². The maximum atomic E-state index is 13.4. The fourth-order valence-corrected chi connectivity index (χ4v) is 2.19. The molecule has 37 heavy (non-hydrogen) atoms. The molecule has 12 nitrogen and oxygen atoms in total. The van der Waals surface area contributed by atoms with Gasteiger partial charge in [0.05, 0.1) is 19.8 Å². The zero-order valence-electron chi connectivity index (χ0n) is 21.5.